The molecular formula is C10H11BrF3NO. The smallest absolute Gasteiger partial charge is 0.292 e. The zero-order chi connectivity index (χ0) is 12.2. The molecule has 1 aromatic rings. The standard InChI is InChI=1S/C10H11BrF3NO/c1-7-2-3-8(4-9(7)11)5-15-16-6-10(12,13)14/h2-4,15H,5-6H2,1H3. The molecular weight excluding hydrogens is 287 g/mol. The van der Waals surface area contributed by atoms with Crippen LogP contribution in [0.5, 0.6) is 0 Å². The molecule has 0 aliphatic heterocycles. The van der Waals surface area contributed by atoms with Gasteiger partial charge in [-0.05, 0) is 24.1 Å². The Morgan fingerprint density at radius 2 is 2.06 bits per heavy atom. The van der Waals surface area contributed by atoms with Crippen molar-refractivity contribution in [2.45, 2.75) is 19.6 Å². The molecule has 1 rings (SSSR count). The number of nitrogens with one attached hydrogen (secondary N) is 1. The number of hydrogen-bond donors (Lipinski definition) is 1. The van der Waals surface area contributed by atoms with E-state index in [4.69, 9.17) is 0 Å². The van der Waals surface area contributed by atoms with Crippen molar-refractivity contribution >= 4 is 15.9 Å². The van der Waals surface area contributed by atoms with Crippen LogP contribution in [0.15, 0.2) is 22.7 Å². The zero-order valence-electron chi connectivity index (χ0n) is 8.57. The summed E-state index contributed by atoms with van der Waals surface area (Å²) in [6.45, 7) is 0.871. The molecule has 0 unspecified atom stereocenters. The first-order chi connectivity index (χ1) is 7.38. The molecule has 0 heterocycles. The molecule has 0 aliphatic carbocycles. The summed E-state index contributed by atoms with van der Waals surface area (Å²) in [7, 11) is 0. The van der Waals surface area contributed by atoms with Crippen molar-refractivity contribution in [2.24, 2.45) is 0 Å². The van der Waals surface area contributed by atoms with Gasteiger partial charge in [-0.15, -0.1) is 0 Å². The Balaban J connectivity index is 2.35. The monoisotopic (exact) mass is 297 g/mol. The van der Waals surface area contributed by atoms with Crippen molar-refractivity contribution in [3.05, 3.63) is 33.8 Å². The van der Waals surface area contributed by atoms with Gasteiger partial charge in [-0.2, -0.15) is 18.7 Å². The molecule has 1 N–H and O–H groups in total. The van der Waals surface area contributed by atoms with E-state index < -0.39 is 12.8 Å². The van der Waals surface area contributed by atoms with Crippen molar-refractivity contribution in [3.63, 3.8) is 0 Å². The Morgan fingerprint density at radius 1 is 1.38 bits per heavy atom. The molecule has 0 aliphatic rings. The lowest BCUT2D eigenvalue weighted by atomic mass is 10.1. The summed E-state index contributed by atoms with van der Waals surface area (Å²) in [5, 5.41) is 0. The molecule has 0 saturated carbocycles. The van der Waals surface area contributed by atoms with Crippen LogP contribution in [0.2, 0.25) is 0 Å². The number of aryl methyl sites for hydroxylation is 1. The summed E-state index contributed by atoms with van der Waals surface area (Å²) < 4.78 is 36.1. The van der Waals surface area contributed by atoms with Crippen molar-refractivity contribution in [1.29, 1.82) is 0 Å². The van der Waals surface area contributed by atoms with Crippen molar-refractivity contribution in [3.8, 4) is 0 Å². The molecule has 0 radical (unpaired) electrons. The average Bonchev–Trinajstić information content (AvgIpc) is 2.17. The molecule has 1 aromatic carbocycles. The van der Waals surface area contributed by atoms with Crippen LogP contribution in [0, 0.1) is 6.92 Å². The van der Waals surface area contributed by atoms with Gasteiger partial charge in [-0.1, -0.05) is 28.1 Å². The molecule has 0 spiro atoms. The molecule has 0 amide bonds. The molecule has 0 atom stereocenters. The predicted octanol–water partition coefficient (Wildman–Crippen LogP) is 3.34. The SMILES string of the molecule is Cc1ccc(CNOCC(F)(F)F)cc1Br. The number of hydrogen-bond acceptors (Lipinski definition) is 2. The highest BCUT2D eigenvalue weighted by Gasteiger charge is 2.27. The Labute approximate surface area is 99.9 Å². The fourth-order valence-electron chi connectivity index (χ4n) is 1.01. The van der Waals surface area contributed by atoms with Crippen molar-refractivity contribution in [1.82, 2.24) is 5.48 Å². The lowest BCUT2D eigenvalue weighted by Gasteiger charge is -2.09. The maximum atomic E-state index is 11.7. The predicted molar refractivity (Wildman–Crippen MR) is 57.7 cm³/mol. The van der Waals surface area contributed by atoms with Crippen LogP contribution in [0.1, 0.15) is 11.1 Å². The van der Waals surface area contributed by atoms with Gasteiger partial charge in [0.05, 0.1) is 0 Å². The fourth-order valence-corrected chi connectivity index (χ4v) is 1.44. The van der Waals surface area contributed by atoms with Gasteiger partial charge in [0.2, 0.25) is 0 Å². The van der Waals surface area contributed by atoms with Crippen LogP contribution in [-0.4, -0.2) is 12.8 Å². The first kappa shape index (κ1) is 13.5. The minimum absolute atomic E-state index is 0.231. The second kappa shape index (κ2) is 5.65. The highest BCUT2D eigenvalue weighted by Crippen LogP contribution is 2.17. The molecule has 2 nitrogen and oxygen atoms in total. The van der Waals surface area contributed by atoms with Crippen LogP contribution in [0.25, 0.3) is 0 Å². The van der Waals surface area contributed by atoms with E-state index in [0.717, 1.165) is 15.6 Å². The molecule has 0 aromatic heterocycles. The topological polar surface area (TPSA) is 21.3 Å². The van der Waals surface area contributed by atoms with Gasteiger partial charge in [-0.25, -0.2) is 0 Å². The second-order valence-electron chi connectivity index (χ2n) is 3.31. The summed E-state index contributed by atoms with van der Waals surface area (Å²) in [6, 6.07) is 5.54. The van der Waals surface area contributed by atoms with E-state index in [1.807, 2.05) is 25.1 Å². The molecule has 6 heteroatoms. The summed E-state index contributed by atoms with van der Waals surface area (Å²) in [4.78, 5) is 4.28. The molecule has 0 fully saturated rings. The van der Waals surface area contributed by atoms with Crippen molar-refractivity contribution < 1.29 is 18.0 Å². The van der Waals surface area contributed by atoms with Gasteiger partial charge in [-0.3, -0.25) is 4.84 Å². The molecule has 0 saturated heterocycles. The van der Waals surface area contributed by atoms with E-state index in [1.54, 1.807) is 0 Å². The first-order valence-electron chi connectivity index (χ1n) is 4.55. The number of halogens is 4. The Morgan fingerprint density at radius 3 is 2.62 bits per heavy atom. The second-order valence-corrected chi connectivity index (χ2v) is 4.16. The highest BCUT2D eigenvalue weighted by atomic mass is 79.9. The highest BCUT2D eigenvalue weighted by molar-refractivity contribution is 9.10. The summed E-state index contributed by atoms with van der Waals surface area (Å²) in [5.74, 6) is 0. The lowest BCUT2D eigenvalue weighted by Crippen LogP contribution is -2.24. The normalized spacial score (nSPS) is 11.8. The quantitative estimate of drug-likeness (QED) is 0.680. The van der Waals surface area contributed by atoms with Gasteiger partial charge in [0.15, 0.2) is 6.61 Å². The maximum absolute atomic E-state index is 11.7. The van der Waals surface area contributed by atoms with E-state index in [1.165, 1.54) is 0 Å². The van der Waals surface area contributed by atoms with Gasteiger partial charge < -0.3 is 0 Å². The number of benzene rings is 1. The van der Waals surface area contributed by atoms with Crippen LogP contribution in [0.3, 0.4) is 0 Å². The van der Waals surface area contributed by atoms with E-state index in [9.17, 15) is 13.2 Å². The Bertz CT molecular complexity index is 354. The maximum Gasteiger partial charge on any atom is 0.413 e. The van der Waals surface area contributed by atoms with Crippen LogP contribution in [-0.2, 0) is 11.4 Å². The third kappa shape index (κ3) is 4.96. The van der Waals surface area contributed by atoms with Gasteiger partial charge >= 0.3 is 6.18 Å². The van der Waals surface area contributed by atoms with Gasteiger partial charge in [0.25, 0.3) is 0 Å². The molecule has 0 bridgehead atoms. The van der Waals surface area contributed by atoms with E-state index in [2.05, 4.69) is 26.2 Å². The first-order valence-corrected chi connectivity index (χ1v) is 5.34. The van der Waals surface area contributed by atoms with E-state index in [-0.39, 0.29) is 6.54 Å². The number of rotatable bonds is 4. The van der Waals surface area contributed by atoms with Crippen LogP contribution in [0.4, 0.5) is 13.2 Å². The van der Waals surface area contributed by atoms with Crippen LogP contribution >= 0.6 is 15.9 Å². The summed E-state index contributed by atoms with van der Waals surface area (Å²) in [6.07, 6.45) is -4.30. The molecule has 16 heavy (non-hydrogen) atoms. The number of alkyl halides is 3. The van der Waals surface area contributed by atoms with E-state index >= 15 is 0 Å². The summed E-state index contributed by atoms with van der Waals surface area (Å²) >= 11 is 3.34. The van der Waals surface area contributed by atoms with Gasteiger partial charge in [0, 0.05) is 11.0 Å². The van der Waals surface area contributed by atoms with Gasteiger partial charge in [0.1, 0.15) is 0 Å². The third-order valence-corrected chi connectivity index (χ3v) is 2.70. The van der Waals surface area contributed by atoms with Crippen LogP contribution < -0.4 is 5.48 Å². The average molecular weight is 298 g/mol. The van der Waals surface area contributed by atoms with E-state index in [0.29, 0.717) is 0 Å². The largest absolute Gasteiger partial charge is 0.413 e. The lowest BCUT2D eigenvalue weighted by molar-refractivity contribution is -0.190. The summed E-state index contributed by atoms with van der Waals surface area (Å²) in [5.41, 5.74) is 4.18. The third-order valence-electron chi connectivity index (χ3n) is 1.85. The zero-order valence-corrected chi connectivity index (χ0v) is 10.2. The Hall–Kier alpha value is -0.590. The Kier molecular flexibility index (Phi) is 4.76. The minimum atomic E-state index is -4.30. The van der Waals surface area contributed by atoms with Crippen molar-refractivity contribution in [2.75, 3.05) is 6.61 Å². The molecule has 90 valence electrons. The minimum Gasteiger partial charge on any atom is -0.292 e. The number of hydroxylamine groups is 1. The fraction of sp³-hybridized carbons (Fsp3) is 0.400.